The van der Waals surface area contributed by atoms with Crippen LogP contribution in [0.3, 0.4) is 0 Å². The number of piperidine rings is 1. The van der Waals surface area contributed by atoms with Gasteiger partial charge in [-0.05, 0) is 31.0 Å². The van der Waals surface area contributed by atoms with E-state index < -0.39 is 0 Å². The van der Waals surface area contributed by atoms with Gasteiger partial charge in [-0.3, -0.25) is 9.58 Å². The number of nitrogens with one attached hydrogen (secondary N) is 1. The fourth-order valence-corrected chi connectivity index (χ4v) is 3.02. The van der Waals surface area contributed by atoms with E-state index in [1.165, 1.54) is 24.9 Å². The second kappa shape index (κ2) is 7.38. The molecule has 1 N–H and O–H groups in total. The van der Waals surface area contributed by atoms with E-state index in [4.69, 9.17) is 0 Å². The van der Waals surface area contributed by atoms with Crippen molar-refractivity contribution in [1.29, 1.82) is 0 Å². The Morgan fingerprint density at radius 1 is 1.19 bits per heavy atom. The van der Waals surface area contributed by atoms with Crippen LogP contribution in [0.1, 0.15) is 18.4 Å². The van der Waals surface area contributed by atoms with Crippen LogP contribution in [-0.2, 0) is 13.1 Å². The first-order valence-electron chi connectivity index (χ1n) is 7.87. The molecule has 0 aliphatic carbocycles. The second-order valence-electron chi connectivity index (χ2n) is 5.78. The summed E-state index contributed by atoms with van der Waals surface area (Å²) < 4.78 is 1.98. The molecule has 0 amide bonds. The molecule has 4 nitrogen and oxygen atoms in total. The van der Waals surface area contributed by atoms with Crippen LogP contribution in [0, 0.1) is 0 Å². The lowest BCUT2D eigenvalue weighted by atomic mass is 10.0. The van der Waals surface area contributed by atoms with Crippen molar-refractivity contribution >= 4 is 0 Å². The Bertz CT molecular complexity index is 509. The highest BCUT2D eigenvalue weighted by Gasteiger charge is 2.19. The van der Waals surface area contributed by atoms with Crippen molar-refractivity contribution in [2.24, 2.45) is 0 Å². The van der Waals surface area contributed by atoms with Crippen molar-refractivity contribution in [3.63, 3.8) is 0 Å². The van der Waals surface area contributed by atoms with Crippen molar-refractivity contribution < 1.29 is 0 Å². The highest BCUT2D eigenvalue weighted by atomic mass is 15.3. The van der Waals surface area contributed by atoms with E-state index in [9.17, 15) is 0 Å². The minimum absolute atomic E-state index is 0.609. The first-order valence-corrected chi connectivity index (χ1v) is 7.87. The van der Waals surface area contributed by atoms with Crippen LogP contribution in [0.2, 0.25) is 0 Å². The lowest BCUT2D eigenvalue weighted by Crippen LogP contribution is -2.46. The van der Waals surface area contributed by atoms with E-state index in [1.54, 1.807) is 0 Å². The van der Waals surface area contributed by atoms with E-state index in [0.29, 0.717) is 6.04 Å². The monoisotopic (exact) mass is 284 g/mol. The predicted octanol–water partition coefficient (Wildman–Crippen LogP) is 2.14. The van der Waals surface area contributed by atoms with Gasteiger partial charge in [-0.2, -0.15) is 5.10 Å². The molecule has 1 fully saturated rings. The number of rotatable bonds is 6. The van der Waals surface area contributed by atoms with Crippen molar-refractivity contribution in [3.8, 4) is 0 Å². The van der Waals surface area contributed by atoms with Gasteiger partial charge in [-0.1, -0.05) is 30.3 Å². The van der Waals surface area contributed by atoms with Gasteiger partial charge in [0.05, 0.1) is 6.54 Å². The van der Waals surface area contributed by atoms with Gasteiger partial charge in [0.1, 0.15) is 0 Å². The average molecular weight is 284 g/mol. The number of nitrogens with zero attached hydrogens (tertiary/aromatic N) is 3. The summed E-state index contributed by atoms with van der Waals surface area (Å²) in [5.41, 5.74) is 1.41. The summed E-state index contributed by atoms with van der Waals surface area (Å²) >= 11 is 0. The van der Waals surface area contributed by atoms with E-state index >= 15 is 0 Å². The van der Waals surface area contributed by atoms with Crippen LogP contribution in [0.25, 0.3) is 0 Å². The molecule has 1 aliphatic heterocycles. The number of likely N-dealkylation sites (tertiary alicyclic amines) is 1. The first-order chi connectivity index (χ1) is 10.4. The zero-order valence-corrected chi connectivity index (χ0v) is 12.5. The molecule has 0 spiro atoms. The minimum Gasteiger partial charge on any atom is -0.311 e. The predicted molar refractivity (Wildman–Crippen MR) is 85.0 cm³/mol. The third kappa shape index (κ3) is 4.41. The Morgan fingerprint density at radius 2 is 2.10 bits per heavy atom. The van der Waals surface area contributed by atoms with Gasteiger partial charge < -0.3 is 5.32 Å². The van der Waals surface area contributed by atoms with E-state index in [1.807, 2.05) is 23.1 Å². The zero-order chi connectivity index (χ0) is 14.3. The van der Waals surface area contributed by atoms with Gasteiger partial charge in [0.25, 0.3) is 0 Å². The summed E-state index contributed by atoms with van der Waals surface area (Å²) in [7, 11) is 0. The normalized spacial score (nSPS) is 19.7. The maximum atomic E-state index is 4.24. The molecule has 4 heteroatoms. The molecule has 0 radical (unpaired) electrons. The summed E-state index contributed by atoms with van der Waals surface area (Å²) in [6.45, 7) is 5.37. The van der Waals surface area contributed by atoms with E-state index in [2.05, 4.69) is 45.6 Å². The van der Waals surface area contributed by atoms with Gasteiger partial charge >= 0.3 is 0 Å². The quantitative estimate of drug-likeness (QED) is 0.882. The van der Waals surface area contributed by atoms with Crippen LogP contribution in [0.15, 0.2) is 48.8 Å². The van der Waals surface area contributed by atoms with E-state index in [-0.39, 0.29) is 0 Å². The molecular formula is C17H24N4. The van der Waals surface area contributed by atoms with Crippen LogP contribution in [0.4, 0.5) is 0 Å². The highest BCUT2D eigenvalue weighted by Crippen LogP contribution is 2.13. The van der Waals surface area contributed by atoms with Gasteiger partial charge in [0, 0.05) is 38.1 Å². The lowest BCUT2D eigenvalue weighted by molar-refractivity contribution is 0.182. The maximum absolute atomic E-state index is 4.24. The summed E-state index contributed by atoms with van der Waals surface area (Å²) in [5, 5.41) is 7.91. The molecule has 0 bridgehead atoms. The van der Waals surface area contributed by atoms with Crippen LogP contribution >= 0.6 is 0 Å². The van der Waals surface area contributed by atoms with Gasteiger partial charge in [0.2, 0.25) is 0 Å². The largest absolute Gasteiger partial charge is 0.311 e. The van der Waals surface area contributed by atoms with Crippen molar-refractivity contribution in [1.82, 2.24) is 20.0 Å². The number of hydrogen-bond donors (Lipinski definition) is 1. The Kier molecular flexibility index (Phi) is 5.03. The molecule has 2 aromatic rings. The molecule has 3 rings (SSSR count). The number of hydrogen-bond acceptors (Lipinski definition) is 3. The summed E-state index contributed by atoms with van der Waals surface area (Å²) in [6, 6.07) is 13.3. The molecule has 1 aromatic carbocycles. The van der Waals surface area contributed by atoms with Crippen LogP contribution in [0.5, 0.6) is 0 Å². The van der Waals surface area contributed by atoms with E-state index in [0.717, 1.165) is 26.2 Å². The molecular weight excluding hydrogens is 260 g/mol. The topological polar surface area (TPSA) is 33.1 Å². The van der Waals surface area contributed by atoms with Gasteiger partial charge in [-0.15, -0.1) is 0 Å². The Labute approximate surface area is 126 Å². The molecule has 1 saturated heterocycles. The Morgan fingerprint density at radius 3 is 2.90 bits per heavy atom. The number of benzene rings is 1. The van der Waals surface area contributed by atoms with Crippen molar-refractivity contribution in [3.05, 3.63) is 54.4 Å². The molecule has 2 heterocycles. The molecule has 1 unspecified atom stereocenters. The average Bonchev–Trinajstić information content (AvgIpc) is 3.02. The molecule has 112 valence electrons. The molecule has 21 heavy (non-hydrogen) atoms. The number of aromatic nitrogens is 2. The van der Waals surface area contributed by atoms with Gasteiger partial charge in [0.15, 0.2) is 0 Å². The Hall–Kier alpha value is -1.65. The summed E-state index contributed by atoms with van der Waals surface area (Å²) in [4.78, 5) is 2.56. The van der Waals surface area contributed by atoms with Crippen LogP contribution in [-0.4, -0.2) is 40.4 Å². The minimum atomic E-state index is 0.609. The Balaban J connectivity index is 1.42. The highest BCUT2D eigenvalue weighted by molar-refractivity contribution is 5.14. The van der Waals surface area contributed by atoms with Crippen molar-refractivity contribution in [2.75, 3.05) is 19.6 Å². The molecule has 1 aromatic heterocycles. The lowest BCUT2D eigenvalue weighted by Gasteiger charge is -2.33. The smallest absolute Gasteiger partial charge is 0.0534 e. The molecule has 1 aliphatic rings. The molecule has 0 saturated carbocycles. The standard InChI is InChI=1S/C17H24N4/c1-2-6-16(7-3-1)14-20-11-4-8-17(15-20)18-10-13-21-12-5-9-19-21/h1-3,5-7,9,12,17-18H,4,8,10-11,13-15H2. The first kappa shape index (κ1) is 14.3. The van der Waals surface area contributed by atoms with Crippen molar-refractivity contribution in [2.45, 2.75) is 32.0 Å². The van der Waals surface area contributed by atoms with Crippen LogP contribution < -0.4 is 5.32 Å². The molecule has 1 atom stereocenters. The summed E-state index contributed by atoms with van der Waals surface area (Å²) in [6.07, 6.45) is 6.42. The zero-order valence-electron chi connectivity index (χ0n) is 12.5. The fourth-order valence-electron chi connectivity index (χ4n) is 3.02. The fraction of sp³-hybridized carbons (Fsp3) is 0.471. The third-order valence-electron chi connectivity index (χ3n) is 4.09. The summed E-state index contributed by atoms with van der Waals surface area (Å²) in [5.74, 6) is 0. The SMILES string of the molecule is c1ccc(CN2CCCC(NCCn3cccn3)C2)cc1. The maximum Gasteiger partial charge on any atom is 0.0534 e. The second-order valence-corrected chi connectivity index (χ2v) is 5.78. The van der Waals surface area contributed by atoms with Gasteiger partial charge in [-0.25, -0.2) is 0 Å². The third-order valence-corrected chi connectivity index (χ3v) is 4.09.